The van der Waals surface area contributed by atoms with Crippen LogP contribution in [0.1, 0.15) is 16.1 Å². The maximum atomic E-state index is 11.9. The molecular formula is C11H9BrN2OS2. The van der Waals surface area contributed by atoms with E-state index in [-0.39, 0.29) is 5.56 Å². The van der Waals surface area contributed by atoms with Crippen LogP contribution in [0.5, 0.6) is 0 Å². The molecule has 0 aromatic carbocycles. The van der Waals surface area contributed by atoms with E-state index in [0.29, 0.717) is 5.82 Å². The summed E-state index contributed by atoms with van der Waals surface area (Å²) in [5.41, 5.74) is 1.79. The molecule has 3 rings (SSSR count). The molecule has 0 saturated heterocycles. The fraction of sp³-hybridized carbons (Fsp3) is 0.273. The highest BCUT2D eigenvalue weighted by Crippen LogP contribution is 2.33. The third-order valence-electron chi connectivity index (χ3n) is 2.68. The normalized spacial score (nSPS) is 14.0. The van der Waals surface area contributed by atoms with Gasteiger partial charge in [0.2, 0.25) is 0 Å². The zero-order valence-corrected chi connectivity index (χ0v) is 12.3. The predicted octanol–water partition coefficient (Wildman–Crippen LogP) is 3.32. The Labute approximate surface area is 115 Å². The number of H-pyrrole nitrogens is 1. The van der Waals surface area contributed by atoms with Crippen LogP contribution < -0.4 is 5.56 Å². The van der Waals surface area contributed by atoms with Gasteiger partial charge in [0.25, 0.3) is 5.56 Å². The Morgan fingerprint density at radius 3 is 3.00 bits per heavy atom. The summed E-state index contributed by atoms with van der Waals surface area (Å²) in [4.78, 5) is 21.5. The Bertz CT molecular complexity index is 628. The highest BCUT2D eigenvalue weighted by molar-refractivity contribution is 9.10. The topological polar surface area (TPSA) is 45.8 Å². The van der Waals surface area contributed by atoms with Crippen LogP contribution in [0, 0.1) is 6.92 Å². The van der Waals surface area contributed by atoms with Crippen molar-refractivity contribution in [1.82, 2.24) is 9.97 Å². The first-order valence-corrected chi connectivity index (χ1v) is 7.87. The summed E-state index contributed by atoms with van der Waals surface area (Å²) >= 11 is 6.86. The maximum Gasteiger partial charge on any atom is 0.255 e. The van der Waals surface area contributed by atoms with Gasteiger partial charge in [-0.2, -0.15) is 11.8 Å². The SMILES string of the molecule is Cc1sc(-c2nc3c(c(=O)[nH]2)CSC3)cc1Br. The van der Waals surface area contributed by atoms with Gasteiger partial charge in [-0.25, -0.2) is 4.98 Å². The number of aromatic amines is 1. The number of nitrogens with one attached hydrogen (secondary N) is 1. The van der Waals surface area contributed by atoms with E-state index in [1.165, 1.54) is 4.88 Å². The van der Waals surface area contributed by atoms with Crippen LogP contribution in [0.3, 0.4) is 0 Å². The molecule has 0 bridgehead atoms. The summed E-state index contributed by atoms with van der Waals surface area (Å²) in [6.07, 6.45) is 0. The highest BCUT2D eigenvalue weighted by atomic mass is 79.9. The number of nitrogens with zero attached hydrogens (tertiary/aromatic N) is 1. The molecule has 6 heteroatoms. The number of rotatable bonds is 1. The lowest BCUT2D eigenvalue weighted by molar-refractivity contribution is 1.04. The van der Waals surface area contributed by atoms with Gasteiger partial charge in [-0.15, -0.1) is 11.3 Å². The number of thioether (sulfide) groups is 1. The van der Waals surface area contributed by atoms with Crippen molar-refractivity contribution in [1.29, 1.82) is 0 Å². The van der Waals surface area contributed by atoms with E-state index in [9.17, 15) is 4.79 Å². The third kappa shape index (κ3) is 1.98. The lowest BCUT2D eigenvalue weighted by Gasteiger charge is -2.00. The fourth-order valence-corrected chi connectivity index (χ4v) is 4.27. The van der Waals surface area contributed by atoms with E-state index < -0.39 is 0 Å². The van der Waals surface area contributed by atoms with E-state index in [1.54, 1.807) is 23.1 Å². The Morgan fingerprint density at radius 2 is 2.29 bits per heavy atom. The molecule has 1 aliphatic rings. The minimum Gasteiger partial charge on any atom is -0.306 e. The van der Waals surface area contributed by atoms with Crippen LogP contribution in [0.2, 0.25) is 0 Å². The average Bonchev–Trinajstić information content (AvgIpc) is 2.87. The minimum atomic E-state index is 0.0113. The molecule has 17 heavy (non-hydrogen) atoms. The van der Waals surface area contributed by atoms with E-state index >= 15 is 0 Å². The number of aromatic nitrogens is 2. The van der Waals surface area contributed by atoms with Crippen LogP contribution in [-0.2, 0) is 11.5 Å². The van der Waals surface area contributed by atoms with E-state index in [2.05, 4.69) is 25.9 Å². The average molecular weight is 329 g/mol. The van der Waals surface area contributed by atoms with Crippen molar-refractivity contribution in [3.05, 3.63) is 37.0 Å². The Morgan fingerprint density at radius 1 is 1.47 bits per heavy atom. The van der Waals surface area contributed by atoms with Crippen molar-refractivity contribution in [3.8, 4) is 10.7 Å². The van der Waals surface area contributed by atoms with Crippen molar-refractivity contribution in [2.24, 2.45) is 0 Å². The summed E-state index contributed by atoms with van der Waals surface area (Å²) in [6, 6.07) is 2.01. The summed E-state index contributed by atoms with van der Waals surface area (Å²) in [5.74, 6) is 2.32. The summed E-state index contributed by atoms with van der Waals surface area (Å²) in [7, 11) is 0. The first-order chi connectivity index (χ1) is 8.15. The van der Waals surface area contributed by atoms with Gasteiger partial charge in [0.15, 0.2) is 5.82 Å². The van der Waals surface area contributed by atoms with Crippen LogP contribution in [0.15, 0.2) is 15.3 Å². The number of halogens is 1. The molecule has 1 N–H and O–H groups in total. The predicted molar refractivity (Wildman–Crippen MR) is 75.6 cm³/mol. The van der Waals surface area contributed by atoms with Crippen molar-refractivity contribution in [2.45, 2.75) is 18.4 Å². The van der Waals surface area contributed by atoms with E-state index in [1.807, 2.05) is 13.0 Å². The molecule has 3 nitrogen and oxygen atoms in total. The van der Waals surface area contributed by atoms with Crippen LogP contribution in [0.25, 0.3) is 10.7 Å². The maximum absolute atomic E-state index is 11.9. The van der Waals surface area contributed by atoms with Gasteiger partial charge in [0.1, 0.15) is 0 Å². The molecule has 0 saturated carbocycles. The lowest BCUT2D eigenvalue weighted by Crippen LogP contribution is -2.14. The fourth-order valence-electron chi connectivity index (χ4n) is 1.76. The van der Waals surface area contributed by atoms with Crippen molar-refractivity contribution in [2.75, 3.05) is 0 Å². The quantitative estimate of drug-likeness (QED) is 0.873. The molecule has 0 radical (unpaired) electrons. The molecule has 1 aliphatic heterocycles. The van der Waals surface area contributed by atoms with Crippen LogP contribution in [-0.4, -0.2) is 9.97 Å². The van der Waals surface area contributed by atoms with Gasteiger partial charge in [-0.05, 0) is 28.9 Å². The molecule has 0 amide bonds. The Balaban J connectivity index is 2.16. The molecule has 2 aromatic heterocycles. The molecular weight excluding hydrogens is 320 g/mol. The van der Waals surface area contributed by atoms with Crippen molar-refractivity contribution in [3.63, 3.8) is 0 Å². The molecule has 0 fully saturated rings. The van der Waals surface area contributed by atoms with Gasteiger partial charge in [0.05, 0.1) is 10.6 Å². The summed E-state index contributed by atoms with van der Waals surface area (Å²) < 4.78 is 1.06. The van der Waals surface area contributed by atoms with E-state index in [0.717, 1.165) is 32.1 Å². The second-order valence-corrected chi connectivity index (χ2v) is 6.94. The largest absolute Gasteiger partial charge is 0.306 e. The van der Waals surface area contributed by atoms with Crippen LogP contribution in [0.4, 0.5) is 0 Å². The Hall–Kier alpha value is -0.590. The molecule has 0 spiro atoms. The van der Waals surface area contributed by atoms with E-state index in [4.69, 9.17) is 0 Å². The molecule has 88 valence electrons. The molecule has 0 aliphatic carbocycles. The second kappa shape index (κ2) is 4.26. The van der Waals surface area contributed by atoms with Crippen molar-refractivity contribution >= 4 is 39.0 Å². The second-order valence-electron chi connectivity index (χ2n) is 3.85. The van der Waals surface area contributed by atoms with Gasteiger partial charge < -0.3 is 4.98 Å². The summed E-state index contributed by atoms with van der Waals surface area (Å²) in [6.45, 7) is 2.04. The van der Waals surface area contributed by atoms with Gasteiger partial charge in [-0.3, -0.25) is 4.79 Å². The minimum absolute atomic E-state index is 0.0113. The first kappa shape index (κ1) is 11.5. The standard InChI is InChI=1S/C11H9BrN2OS2/c1-5-7(12)2-9(17-5)10-13-8-4-16-3-6(8)11(15)14-10/h2H,3-4H2,1H3,(H,13,14,15). The van der Waals surface area contributed by atoms with Crippen LogP contribution >= 0.6 is 39.0 Å². The molecule has 0 atom stereocenters. The number of fused-ring (bicyclic) bond motifs is 1. The van der Waals surface area contributed by atoms with Gasteiger partial charge >= 0.3 is 0 Å². The number of hydrogen-bond acceptors (Lipinski definition) is 4. The number of aryl methyl sites for hydroxylation is 1. The zero-order valence-electron chi connectivity index (χ0n) is 9.04. The molecule has 2 aromatic rings. The van der Waals surface area contributed by atoms with Gasteiger partial charge in [0, 0.05) is 26.4 Å². The highest BCUT2D eigenvalue weighted by Gasteiger charge is 2.18. The molecule has 0 unspecified atom stereocenters. The Kier molecular flexibility index (Phi) is 2.88. The number of hydrogen-bond donors (Lipinski definition) is 1. The van der Waals surface area contributed by atoms with Crippen molar-refractivity contribution < 1.29 is 0 Å². The third-order valence-corrected chi connectivity index (χ3v) is 5.79. The van der Waals surface area contributed by atoms with Gasteiger partial charge in [-0.1, -0.05) is 0 Å². The number of thiophene rings is 1. The smallest absolute Gasteiger partial charge is 0.255 e. The monoisotopic (exact) mass is 328 g/mol. The summed E-state index contributed by atoms with van der Waals surface area (Å²) in [5, 5.41) is 0. The lowest BCUT2D eigenvalue weighted by atomic mass is 10.2. The first-order valence-electron chi connectivity index (χ1n) is 5.11. The zero-order chi connectivity index (χ0) is 12.0. The molecule has 3 heterocycles.